The molecule has 1 amide bonds. The van der Waals surface area contributed by atoms with Gasteiger partial charge in [-0.3, -0.25) is 14.9 Å². The number of carbonyl (C=O) groups is 1. The number of ether oxygens (including phenoxy) is 1. The van der Waals surface area contributed by atoms with Crippen LogP contribution in [0.15, 0.2) is 47.6 Å². The molecule has 0 aliphatic rings. The van der Waals surface area contributed by atoms with E-state index in [-0.39, 0.29) is 23.1 Å². The monoisotopic (exact) mass is 343 g/mol. The molecule has 2 aromatic carbocycles. The zero-order valence-electron chi connectivity index (χ0n) is 13.7. The van der Waals surface area contributed by atoms with Crippen LogP contribution in [0.3, 0.4) is 0 Å². The molecule has 0 atom stereocenters. The lowest BCUT2D eigenvalue weighted by Gasteiger charge is -2.10. The van der Waals surface area contributed by atoms with Crippen LogP contribution < -0.4 is 10.2 Å². The van der Waals surface area contributed by atoms with Crippen LogP contribution in [0, 0.1) is 10.1 Å². The van der Waals surface area contributed by atoms with Gasteiger partial charge in [-0.05, 0) is 32.0 Å². The zero-order chi connectivity index (χ0) is 18.4. The lowest BCUT2D eigenvalue weighted by molar-refractivity contribution is -0.385. The lowest BCUT2D eigenvalue weighted by atomic mass is 10.2. The smallest absolute Gasteiger partial charge is 0.282 e. The van der Waals surface area contributed by atoms with Gasteiger partial charge in [-0.2, -0.15) is 5.10 Å². The first-order chi connectivity index (χ1) is 11.9. The summed E-state index contributed by atoms with van der Waals surface area (Å²) in [5.41, 5.74) is 2.15. The summed E-state index contributed by atoms with van der Waals surface area (Å²) in [4.78, 5) is 22.3. The highest BCUT2D eigenvalue weighted by molar-refractivity contribution is 5.98. The van der Waals surface area contributed by atoms with E-state index in [1.54, 1.807) is 12.1 Å². The van der Waals surface area contributed by atoms with Gasteiger partial charge in [-0.25, -0.2) is 5.43 Å². The predicted molar refractivity (Wildman–Crippen MR) is 92.0 cm³/mol. The molecule has 25 heavy (non-hydrogen) atoms. The number of hydrazone groups is 1. The first-order valence-electron chi connectivity index (χ1n) is 7.45. The second kappa shape index (κ2) is 7.91. The predicted octanol–water partition coefficient (Wildman–Crippen LogP) is 2.85. The number of phenols is 1. The van der Waals surface area contributed by atoms with Crippen LogP contribution in [0.5, 0.6) is 11.5 Å². The minimum absolute atomic E-state index is 0.0279. The van der Waals surface area contributed by atoms with E-state index in [4.69, 9.17) is 4.74 Å². The summed E-state index contributed by atoms with van der Waals surface area (Å²) in [5.74, 6) is -0.279. The van der Waals surface area contributed by atoms with Gasteiger partial charge >= 0.3 is 0 Å². The summed E-state index contributed by atoms with van der Waals surface area (Å²) in [6, 6.07) is 10.2. The summed E-state index contributed by atoms with van der Waals surface area (Å²) >= 11 is 0. The first-order valence-corrected chi connectivity index (χ1v) is 7.45. The Bertz CT molecular complexity index is 818. The third-order valence-electron chi connectivity index (χ3n) is 3.09. The second-order valence-corrected chi connectivity index (χ2v) is 5.36. The van der Waals surface area contributed by atoms with Crippen LogP contribution in [0.1, 0.15) is 29.8 Å². The first kappa shape index (κ1) is 17.9. The molecule has 130 valence electrons. The maximum absolute atomic E-state index is 12.0. The maximum atomic E-state index is 12.0. The van der Waals surface area contributed by atoms with E-state index >= 15 is 0 Å². The van der Waals surface area contributed by atoms with Crippen LogP contribution in [0.2, 0.25) is 0 Å². The summed E-state index contributed by atoms with van der Waals surface area (Å²) in [7, 11) is 0. The van der Waals surface area contributed by atoms with Gasteiger partial charge < -0.3 is 9.84 Å². The highest BCUT2D eigenvalue weighted by Gasteiger charge is 2.18. The Hall–Kier alpha value is -3.42. The molecule has 0 aliphatic heterocycles. The Morgan fingerprint density at radius 3 is 2.68 bits per heavy atom. The Labute approximate surface area is 143 Å². The number of phenolic OH excluding ortho intramolecular Hbond substituents is 1. The number of benzene rings is 2. The fourth-order valence-electron chi connectivity index (χ4n) is 2.02. The van der Waals surface area contributed by atoms with Crippen molar-refractivity contribution in [3.8, 4) is 11.5 Å². The van der Waals surface area contributed by atoms with Gasteiger partial charge in [0.25, 0.3) is 11.6 Å². The van der Waals surface area contributed by atoms with Crippen molar-refractivity contribution in [2.45, 2.75) is 20.0 Å². The van der Waals surface area contributed by atoms with Crippen LogP contribution in [0.25, 0.3) is 0 Å². The summed E-state index contributed by atoms with van der Waals surface area (Å²) in [6.45, 7) is 3.73. The number of aromatic hydroxyl groups is 1. The van der Waals surface area contributed by atoms with E-state index in [0.29, 0.717) is 11.3 Å². The van der Waals surface area contributed by atoms with Gasteiger partial charge in [-0.15, -0.1) is 0 Å². The topological polar surface area (TPSA) is 114 Å². The standard InChI is InChI=1S/C17H17N3O5/c1-11(2)25-13-8-7-12(16(21)9-13)10-18-19-17(22)14-5-3-4-6-15(14)20(23)24/h3-11,21H,1-2H3,(H,19,22)/b18-10-. The quantitative estimate of drug-likeness (QED) is 0.475. The molecule has 0 saturated carbocycles. The molecule has 0 unspecified atom stereocenters. The van der Waals surface area contributed by atoms with E-state index in [1.165, 1.54) is 36.5 Å². The zero-order valence-corrected chi connectivity index (χ0v) is 13.7. The number of rotatable bonds is 6. The molecule has 0 heterocycles. The number of nitro groups is 1. The minimum atomic E-state index is -0.720. The SMILES string of the molecule is CC(C)Oc1ccc(/C=N\NC(=O)c2ccccc2[N+](=O)[O-])c(O)c1. The highest BCUT2D eigenvalue weighted by Crippen LogP contribution is 2.23. The number of nitrogens with one attached hydrogen (secondary N) is 1. The van der Waals surface area contributed by atoms with Crippen molar-refractivity contribution in [2.24, 2.45) is 5.10 Å². The Kier molecular flexibility index (Phi) is 5.67. The van der Waals surface area contributed by atoms with Crippen molar-refractivity contribution in [3.05, 3.63) is 63.7 Å². The maximum Gasteiger partial charge on any atom is 0.282 e. The Morgan fingerprint density at radius 2 is 2.04 bits per heavy atom. The van der Waals surface area contributed by atoms with E-state index in [2.05, 4.69) is 10.5 Å². The van der Waals surface area contributed by atoms with Crippen molar-refractivity contribution in [3.63, 3.8) is 0 Å². The second-order valence-electron chi connectivity index (χ2n) is 5.36. The van der Waals surface area contributed by atoms with Crippen molar-refractivity contribution >= 4 is 17.8 Å². The van der Waals surface area contributed by atoms with Crippen LogP contribution in [0.4, 0.5) is 5.69 Å². The van der Waals surface area contributed by atoms with Crippen LogP contribution >= 0.6 is 0 Å². The summed E-state index contributed by atoms with van der Waals surface area (Å²) in [6.07, 6.45) is 1.21. The number of carbonyl (C=O) groups excluding carboxylic acids is 1. The molecule has 0 fully saturated rings. The van der Waals surface area contributed by atoms with Gasteiger partial charge in [0.05, 0.1) is 17.2 Å². The van der Waals surface area contributed by atoms with E-state index in [9.17, 15) is 20.0 Å². The molecule has 0 radical (unpaired) electrons. The summed E-state index contributed by atoms with van der Waals surface area (Å²) < 4.78 is 5.45. The molecule has 0 aromatic heterocycles. The molecule has 8 nitrogen and oxygen atoms in total. The molecular formula is C17H17N3O5. The van der Waals surface area contributed by atoms with E-state index < -0.39 is 10.8 Å². The van der Waals surface area contributed by atoms with E-state index in [1.807, 2.05) is 13.8 Å². The largest absolute Gasteiger partial charge is 0.507 e. The van der Waals surface area contributed by atoms with Crippen molar-refractivity contribution in [2.75, 3.05) is 0 Å². The molecule has 0 saturated heterocycles. The van der Waals surface area contributed by atoms with Gasteiger partial charge in [0.15, 0.2) is 0 Å². The molecule has 2 rings (SSSR count). The molecule has 8 heteroatoms. The molecule has 0 bridgehead atoms. The summed E-state index contributed by atoms with van der Waals surface area (Å²) in [5, 5.41) is 24.6. The molecule has 2 aromatic rings. The van der Waals surface area contributed by atoms with Gasteiger partial charge in [0, 0.05) is 17.7 Å². The fourth-order valence-corrected chi connectivity index (χ4v) is 2.02. The van der Waals surface area contributed by atoms with Crippen molar-refractivity contribution in [1.82, 2.24) is 5.43 Å². The minimum Gasteiger partial charge on any atom is -0.507 e. The van der Waals surface area contributed by atoms with Gasteiger partial charge in [-0.1, -0.05) is 12.1 Å². The third-order valence-corrected chi connectivity index (χ3v) is 3.09. The Morgan fingerprint density at radius 1 is 1.32 bits per heavy atom. The normalized spacial score (nSPS) is 10.8. The molecular weight excluding hydrogens is 326 g/mol. The number of nitro benzene ring substituents is 1. The number of hydrogen-bond donors (Lipinski definition) is 2. The average molecular weight is 343 g/mol. The van der Waals surface area contributed by atoms with Crippen molar-refractivity contribution < 1.29 is 19.6 Å². The lowest BCUT2D eigenvalue weighted by Crippen LogP contribution is -2.18. The van der Waals surface area contributed by atoms with Gasteiger partial charge in [0.1, 0.15) is 17.1 Å². The molecule has 0 spiro atoms. The van der Waals surface area contributed by atoms with Crippen LogP contribution in [-0.4, -0.2) is 28.3 Å². The number of hydrogen-bond acceptors (Lipinski definition) is 6. The number of para-hydroxylation sites is 1. The average Bonchev–Trinajstić information content (AvgIpc) is 2.56. The number of nitrogens with zero attached hydrogens (tertiary/aromatic N) is 2. The van der Waals surface area contributed by atoms with Crippen LogP contribution in [-0.2, 0) is 0 Å². The van der Waals surface area contributed by atoms with Gasteiger partial charge in [0.2, 0.25) is 0 Å². The molecule has 2 N–H and O–H groups in total. The highest BCUT2D eigenvalue weighted by atomic mass is 16.6. The molecule has 0 aliphatic carbocycles. The van der Waals surface area contributed by atoms with E-state index in [0.717, 1.165) is 0 Å². The third kappa shape index (κ3) is 4.77. The Balaban J connectivity index is 2.08. The van der Waals surface area contributed by atoms with Crippen molar-refractivity contribution in [1.29, 1.82) is 0 Å². The fraction of sp³-hybridized carbons (Fsp3) is 0.176. The number of amides is 1.